The average molecular weight is 904 g/mol. The molecule has 1 aliphatic carbocycles. The lowest BCUT2D eigenvalue weighted by Gasteiger charge is -2.35. The molecule has 67 heavy (non-hydrogen) atoms. The van der Waals surface area contributed by atoms with Crippen LogP contribution in [0.4, 0.5) is 5.95 Å². The minimum absolute atomic E-state index is 0.0184. The summed E-state index contributed by atoms with van der Waals surface area (Å²) < 4.78 is 3.89. The topological polar surface area (TPSA) is 110 Å². The third-order valence-electron chi connectivity index (χ3n) is 13.4. The molecule has 0 radical (unpaired) electrons. The SMILES string of the molecule is CC1(C)CCCCC1.CC1(Nc2nc(-c3ccncc3)c(-c3ccc4ccccc4c3)c3nccn23)CCNCC1.Clc1nc(-c2ccncc2)c(-c2ccc3ccccc3c2)c2nccn12. The Morgan fingerprint density at radius 1 is 0.522 bits per heavy atom. The molecule has 1 saturated heterocycles. The van der Waals surface area contributed by atoms with E-state index in [1.165, 1.54) is 53.6 Å². The van der Waals surface area contributed by atoms with Gasteiger partial charge in [-0.15, -0.1) is 0 Å². The van der Waals surface area contributed by atoms with Gasteiger partial charge in [-0.05, 0) is 132 Å². The Labute approximate surface area is 396 Å². The molecular formula is C56H55ClN10. The number of aromatic nitrogens is 8. The molecule has 7 heterocycles. The highest BCUT2D eigenvalue weighted by Gasteiger charge is 2.29. The molecule has 10 aromatic rings. The van der Waals surface area contributed by atoms with Crippen LogP contribution >= 0.6 is 11.6 Å². The van der Waals surface area contributed by atoms with E-state index in [9.17, 15) is 0 Å². The van der Waals surface area contributed by atoms with E-state index in [1.807, 2.05) is 67.4 Å². The number of imidazole rings is 2. The summed E-state index contributed by atoms with van der Waals surface area (Å²) in [5, 5.41) is 12.4. The van der Waals surface area contributed by atoms with Crippen LogP contribution in [-0.4, -0.2) is 57.3 Å². The lowest BCUT2D eigenvalue weighted by molar-refractivity contribution is 0.244. The zero-order valence-corrected chi connectivity index (χ0v) is 39.1. The lowest BCUT2D eigenvalue weighted by Crippen LogP contribution is -2.45. The number of benzene rings is 4. The van der Waals surface area contributed by atoms with E-state index in [2.05, 4.69) is 129 Å². The van der Waals surface area contributed by atoms with Crippen molar-refractivity contribution >= 4 is 50.4 Å². The van der Waals surface area contributed by atoms with Gasteiger partial charge in [0.1, 0.15) is 11.3 Å². The summed E-state index contributed by atoms with van der Waals surface area (Å²) >= 11 is 6.40. The van der Waals surface area contributed by atoms with E-state index < -0.39 is 0 Å². The molecule has 1 aliphatic heterocycles. The number of anilines is 1. The van der Waals surface area contributed by atoms with Crippen molar-refractivity contribution in [2.24, 2.45) is 5.41 Å². The number of fused-ring (bicyclic) bond motifs is 4. The van der Waals surface area contributed by atoms with E-state index in [1.54, 1.807) is 23.0 Å². The first-order valence-electron chi connectivity index (χ1n) is 23.4. The molecule has 2 aliphatic rings. The highest BCUT2D eigenvalue weighted by atomic mass is 35.5. The molecule has 2 fully saturated rings. The van der Waals surface area contributed by atoms with Gasteiger partial charge < -0.3 is 10.6 Å². The summed E-state index contributed by atoms with van der Waals surface area (Å²) in [5.41, 5.74) is 10.2. The van der Waals surface area contributed by atoms with Crippen LogP contribution in [0, 0.1) is 5.41 Å². The van der Waals surface area contributed by atoms with Gasteiger partial charge in [0.05, 0.1) is 22.5 Å². The fourth-order valence-electron chi connectivity index (χ4n) is 9.56. The first-order valence-corrected chi connectivity index (χ1v) is 23.8. The number of piperidine rings is 1. The van der Waals surface area contributed by atoms with E-state index in [0.717, 1.165) is 87.9 Å². The van der Waals surface area contributed by atoms with Gasteiger partial charge in [-0.2, -0.15) is 0 Å². The van der Waals surface area contributed by atoms with Crippen molar-refractivity contribution in [2.45, 2.75) is 71.3 Å². The zero-order valence-electron chi connectivity index (χ0n) is 38.3. The Hall–Kier alpha value is -7.01. The molecule has 10 nitrogen and oxygen atoms in total. The van der Waals surface area contributed by atoms with Crippen molar-refractivity contribution in [3.05, 3.63) is 164 Å². The molecule has 0 unspecified atom stereocenters. The maximum absolute atomic E-state index is 6.40. The normalized spacial score (nSPS) is 15.4. The summed E-state index contributed by atoms with van der Waals surface area (Å²) in [6.07, 6.45) is 24.0. The fourth-order valence-corrected chi connectivity index (χ4v) is 9.78. The van der Waals surface area contributed by atoms with Crippen LogP contribution in [0.1, 0.15) is 65.7 Å². The monoisotopic (exact) mass is 902 g/mol. The Morgan fingerprint density at radius 3 is 1.54 bits per heavy atom. The summed E-state index contributed by atoms with van der Waals surface area (Å²) in [7, 11) is 0. The van der Waals surface area contributed by atoms with Crippen molar-refractivity contribution in [3.63, 3.8) is 0 Å². The molecule has 0 spiro atoms. The Morgan fingerprint density at radius 2 is 1.01 bits per heavy atom. The Kier molecular flexibility index (Phi) is 12.5. The number of pyridine rings is 2. The molecule has 11 heteroatoms. The van der Waals surface area contributed by atoms with Crippen molar-refractivity contribution in [2.75, 3.05) is 18.4 Å². The minimum atomic E-state index is -0.0184. The summed E-state index contributed by atoms with van der Waals surface area (Å²) in [5.74, 6) is 0.822. The molecule has 4 aromatic carbocycles. The third kappa shape index (κ3) is 9.50. The second-order valence-corrected chi connectivity index (χ2v) is 19.1. The second kappa shape index (κ2) is 19.1. The molecule has 2 N–H and O–H groups in total. The summed E-state index contributed by atoms with van der Waals surface area (Å²) in [4.78, 5) is 27.5. The van der Waals surface area contributed by atoms with Crippen molar-refractivity contribution < 1.29 is 0 Å². The molecular weight excluding hydrogens is 848 g/mol. The molecule has 0 amide bonds. The van der Waals surface area contributed by atoms with Crippen LogP contribution in [0.3, 0.4) is 0 Å². The largest absolute Gasteiger partial charge is 0.350 e. The zero-order chi connectivity index (χ0) is 45.8. The van der Waals surface area contributed by atoms with Gasteiger partial charge in [0, 0.05) is 66.2 Å². The number of hydrogen-bond acceptors (Lipinski definition) is 8. The van der Waals surface area contributed by atoms with Crippen LogP contribution in [0.25, 0.3) is 77.6 Å². The van der Waals surface area contributed by atoms with Crippen molar-refractivity contribution in [3.8, 4) is 44.8 Å². The number of nitrogens with one attached hydrogen (secondary N) is 2. The van der Waals surface area contributed by atoms with Gasteiger partial charge in [-0.1, -0.05) is 106 Å². The van der Waals surface area contributed by atoms with Gasteiger partial charge in [-0.25, -0.2) is 19.9 Å². The lowest BCUT2D eigenvalue weighted by atomic mass is 9.78. The standard InChI is InChI=1S/C27H26N6.C21H13ClN4.C8H16/c1-27(10-14-29-15-11-27)32-26-31-24(20-8-12-28-13-9-20)23(25-30-16-17-33(25)26)22-7-6-19-4-2-3-5-21(19)18-22;22-21-25-19(15-7-9-23-10-8-15)18(20-24-11-12-26(20)21)17-6-5-14-3-1-2-4-16(14)13-17;1-8(2)6-4-3-5-7-8/h2-9,12-13,16-18,29H,10-11,14-15H2,1H3,(H,31,32);1-13H;3-7H2,1-2H3. The number of rotatable bonds is 6. The third-order valence-corrected chi connectivity index (χ3v) is 13.6. The van der Waals surface area contributed by atoms with Crippen LogP contribution in [-0.2, 0) is 0 Å². The van der Waals surface area contributed by atoms with Crippen LogP contribution in [0.2, 0.25) is 5.28 Å². The molecule has 12 rings (SSSR count). The summed E-state index contributed by atoms with van der Waals surface area (Å²) in [6, 6.07) is 37.6. The van der Waals surface area contributed by atoms with Crippen LogP contribution < -0.4 is 10.6 Å². The first-order chi connectivity index (χ1) is 32.7. The van der Waals surface area contributed by atoms with E-state index in [4.69, 9.17) is 21.6 Å². The quantitative estimate of drug-likeness (QED) is 0.159. The smallest absolute Gasteiger partial charge is 0.209 e. The van der Waals surface area contributed by atoms with Crippen molar-refractivity contribution in [1.29, 1.82) is 0 Å². The van der Waals surface area contributed by atoms with E-state index in [-0.39, 0.29) is 5.54 Å². The van der Waals surface area contributed by atoms with Gasteiger partial charge in [0.25, 0.3) is 0 Å². The maximum atomic E-state index is 6.40. The van der Waals surface area contributed by atoms with Gasteiger partial charge in [-0.3, -0.25) is 18.8 Å². The molecule has 1 saturated carbocycles. The molecule has 0 atom stereocenters. The highest BCUT2D eigenvalue weighted by molar-refractivity contribution is 6.29. The highest BCUT2D eigenvalue weighted by Crippen LogP contribution is 2.39. The van der Waals surface area contributed by atoms with Crippen LogP contribution in [0.5, 0.6) is 0 Å². The Balaban J connectivity index is 0.000000137. The summed E-state index contributed by atoms with van der Waals surface area (Å²) in [6.45, 7) is 9.05. The molecule has 6 aromatic heterocycles. The number of halogens is 1. The molecule has 336 valence electrons. The van der Waals surface area contributed by atoms with Gasteiger partial charge in [0.15, 0.2) is 0 Å². The van der Waals surface area contributed by atoms with E-state index in [0.29, 0.717) is 10.7 Å². The van der Waals surface area contributed by atoms with Gasteiger partial charge in [0.2, 0.25) is 11.2 Å². The predicted molar refractivity (Wildman–Crippen MR) is 274 cm³/mol. The van der Waals surface area contributed by atoms with Crippen LogP contribution in [0.15, 0.2) is 159 Å². The average Bonchev–Trinajstić information content (AvgIpc) is 4.07. The van der Waals surface area contributed by atoms with Gasteiger partial charge >= 0.3 is 0 Å². The molecule has 0 bridgehead atoms. The second-order valence-electron chi connectivity index (χ2n) is 18.8. The number of nitrogens with zero attached hydrogens (tertiary/aromatic N) is 8. The maximum Gasteiger partial charge on any atom is 0.209 e. The Bertz CT molecular complexity index is 3290. The number of hydrogen-bond donors (Lipinski definition) is 2. The van der Waals surface area contributed by atoms with Crippen molar-refractivity contribution in [1.82, 2.24) is 44.0 Å². The van der Waals surface area contributed by atoms with E-state index >= 15 is 0 Å². The fraction of sp³-hybridized carbons (Fsp3) is 0.250. The minimum Gasteiger partial charge on any atom is -0.350 e. The predicted octanol–water partition coefficient (Wildman–Crippen LogP) is 13.4. The first kappa shape index (κ1) is 43.9.